The monoisotopic (exact) mass is 443 g/mol. The summed E-state index contributed by atoms with van der Waals surface area (Å²) in [5.74, 6) is 1.82. The van der Waals surface area contributed by atoms with Crippen molar-refractivity contribution in [1.29, 1.82) is 0 Å². The number of methoxy groups -OCH3 is 1. The first-order chi connectivity index (χ1) is 15.8. The van der Waals surface area contributed by atoms with Crippen LogP contribution in [0.25, 0.3) is 0 Å². The number of likely N-dealkylation sites (tertiary alicyclic amines) is 2. The highest BCUT2D eigenvalue weighted by atomic mass is 16.5. The summed E-state index contributed by atoms with van der Waals surface area (Å²) in [5.41, 5.74) is 1.50. The average molecular weight is 444 g/mol. The maximum Gasteiger partial charge on any atom is 0.191 e. The van der Waals surface area contributed by atoms with Gasteiger partial charge in [0.2, 0.25) is 0 Å². The van der Waals surface area contributed by atoms with Crippen molar-refractivity contribution in [3.63, 3.8) is 0 Å². The lowest BCUT2D eigenvalue weighted by molar-refractivity contribution is 0.128. The van der Waals surface area contributed by atoms with Crippen LogP contribution < -0.4 is 10.6 Å². The van der Waals surface area contributed by atoms with E-state index in [1.165, 1.54) is 70.1 Å². The summed E-state index contributed by atoms with van der Waals surface area (Å²) in [5, 5.41) is 7.14. The van der Waals surface area contributed by atoms with Gasteiger partial charge in [-0.1, -0.05) is 30.3 Å². The van der Waals surface area contributed by atoms with Crippen molar-refractivity contribution >= 4 is 5.96 Å². The van der Waals surface area contributed by atoms with Crippen molar-refractivity contribution in [2.45, 2.75) is 51.0 Å². The van der Waals surface area contributed by atoms with E-state index in [1.54, 1.807) is 7.11 Å². The molecule has 6 heteroatoms. The molecule has 2 aliphatic heterocycles. The highest BCUT2D eigenvalue weighted by Gasteiger charge is 2.20. The van der Waals surface area contributed by atoms with Gasteiger partial charge in [0.1, 0.15) is 0 Å². The molecule has 32 heavy (non-hydrogen) atoms. The molecule has 0 amide bonds. The second kappa shape index (κ2) is 14.5. The summed E-state index contributed by atoms with van der Waals surface area (Å²) in [6.07, 6.45) is 8.72. The Morgan fingerprint density at radius 2 is 1.66 bits per heavy atom. The molecule has 2 N–H and O–H groups in total. The van der Waals surface area contributed by atoms with Crippen LogP contribution in [0.2, 0.25) is 0 Å². The Labute approximate surface area is 195 Å². The van der Waals surface area contributed by atoms with Gasteiger partial charge in [-0.3, -0.25) is 4.99 Å². The summed E-state index contributed by atoms with van der Waals surface area (Å²) in [6, 6.07) is 11.5. The topological polar surface area (TPSA) is 52.1 Å². The summed E-state index contributed by atoms with van der Waals surface area (Å²) in [4.78, 5) is 9.58. The van der Waals surface area contributed by atoms with Crippen molar-refractivity contribution in [2.24, 2.45) is 10.9 Å². The molecule has 2 fully saturated rings. The van der Waals surface area contributed by atoms with Crippen LogP contribution in [0.15, 0.2) is 35.3 Å². The molecule has 2 aliphatic rings. The molecule has 2 saturated heterocycles. The lowest BCUT2D eigenvalue weighted by Gasteiger charge is -2.33. The maximum atomic E-state index is 5.19. The molecule has 0 unspecified atom stereocenters. The molecule has 0 spiro atoms. The Morgan fingerprint density at radius 3 is 2.34 bits per heavy atom. The number of rotatable bonds is 11. The number of aliphatic imine (C=N–C) groups is 1. The molecule has 0 radical (unpaired) electrons. The largest absolute Gasteiger partial charge is 0.383 e. The molecule has 1 aromatic rings. The van der Waals surface area contributed by atoms with E-state index in [-0.39, 0.29) is 0 Å². The predicted octanol–water partition coefficient (Wildman–Crippen LogP) is 3.00. The fourth-order valence-corrected chi connectivity index (χ4v) is 4.94. The van der Waals surface area contributed by atoms with Crippen molar-refractivity contribution in [3.8, 4) is 0 Å². The number of nitrogens with one attached hydrogen (secondary N) is 2. The van der Waals surface area contributed by atoms with Crippen LogP contribution in [-0.4, -0.2) is 88.4 Å². The zero-order valence-corrected chi connectivity index (χ0v) is 20.4. The predicted molar refractivity (Wildman–Crippen MR) is 134 cm³/mol. The zero-order valence-electron chi connectivity index (χ0n) is 20.4. The van der Waals surface area contributed by atoms with Crippen LogP contribution in [-0.2, 0) is 11.2 Å². The molecule has 6 nitrogen and oxygen atoms in total. The van der Waals surface area contributed by atoms with Crippen LogP contribution in [0.1, 0.15) is 44.1 Å². The van der Waals surface area contributed by atoms with Crippen LogP contribution in [0.4, 0.5) is 0 Å². The minimum absolute atomic E-state index is 0.525. The van der Waals surface area contributed by atoms with Gasteiger partial charge >= 0.3 is 0 Å². The summed E-state index contributed by atoms with van der Waals surface area (Å²) >= 11 is 0. The van der Waals surface area contributed by atoms with Crippen LogP contribution >= 0.6 is 0 Å². The molecule has 3 rings (SSSR count). The van der Waals surface area contributed by atoms with Gasteiger partial charge in [-0.15, -0.1) is 0 Å². The number of unbranched alkanes of at least 4 members (excludes halogenated alkanes) is 1. The van der Waals surface area contributed by atoms with E-state index in [2.05, 4.69) is 55.8 Å². The number of ether oxygens (including phenoxy) is 1. The Hall–Kier alpha value is -1.63. The van der Waals surface area contributed by atoms with Gasteiger partial charge < -0.3 is 25.2 Å². The molecule has 1 aromatic carbocycles. The molecular weight excluding hydrogens is 398 g/mol. The van der Waals surface area contributed by atoms with Crippen molar-refractivity contribution in [2.75, 3.05) is 66.6 Å². The highest BCUT2D eigenvalue weighted by molar-refractivity contribution is 5.79. The smallest absolute Gasteiger partial charge is 0.191 e. The SMILES string of the molecule is CN=C(NCCCCN1CCC(Cc2ccccc2)CC1)NC1CCN(CCOC)CC1. The average Bonchev–Trinajstić information content (AvgIpc) is 2.84. The quantitative estimate of drug-likeness (QED) is 0.313. The van der Waals surface area contributed by atoms with E-state index >= 15 is 0 Å². The van der Waals surface area contributed by atoms with E-state index < -0.39 is 0 Å². The maximum absolute atomic E-state index is 5.19. The minimum Gasteiger partial charge on any atom is -0.383 e. The molecule has 0 aromatic heterocycles. The van der Waals surface area contributed by atoms with E-state index in [0.29, 0.717) is 6.04 Å². The molecule has 0 aliphatic carbocycles. The van der Waals surface area contributed by atoms with Gasteiger partial charge in [-0.25, -0.2) is 0 Å². The summed E-state index contributed by atoms with van der Waals surface area (Å²) in [7, 11) is 3.65. The summed E-state index contributed by atoms with van der Waals surface area (Å²) < 4.78 is 5.19. The Bertz CT molecular complexity index is 637. The molecule has 0 saturated carbocycles. The minimum atomic E-state index is 0.525. The third kappa shape index (κ3) is 9.08. The fourth-order valence-electron chi connectivity index (χ4n) is 4.94. The Balaban J connectivity index is 1.21. The van der Waals surface area contributed by atoms with Crippen molar-refractivity contribution in [3.05, 3.63) is 35.9 Å². The molecule has 0 bridgehead atoms. The number of hydrogen-bond donors (Lipinski definition) is 2. The van der Waals surface area contributed by atoms with Gasteiger partial charge in [0.15, 0.2) is 5.96 Å². The highest BCUT2D eigenvalue weighted by Crippen LogP contribution is 2.21. The number of nitrogens with zero attached hydrogens (tertiary/aromatic N) is 3. The first-order valence-corrected chi connectivity index (χ1v) is 12.7. The number of guanidine groups is 1. The van der Waals surface area contributed by atoms with E-state index in [1.807, 2.05) is 7.05 Å². The van der Waals surface area contributed by atoms with E-state index in [9.17, 15) is 0 Å². The van der Waals surface area contributed by atoms with E-state index in [4.69, 9.17) is 4.74 Å². The lowest BCUT2D eigenvalue weighted by atomic mass is 9.90. The van der Waals surface area contributed by atoms with Crippen LogP contribution in [0.5, 0.6) is 0 Å². The third-order valence-corrected chi connectivity index (χ3v) is 7.03. The van der Waals surface area contributed by atoms with Crippen LogP contribution in [0.3, 0.4) is 0 Å². The third-order valence-electron chi connectivity index (χ3n) is 7.03. The second-order valence-electron chi connectivity index (χ2n) is 9.43. The van der Waals surface area contributed by atoms with Gasteiger partial charge in [0.25, 0.3) is 0 Å². The van der Waals surface area contributed by atoms with E-state index in [0.717, 1.165) is 44.7 Å². The molecule has 0 atom stereocenters. The molecule has 2 heterocycles. The van der Waals surface area contributed by atoms with Crippen molar-refractivity contribution < 1.29 is 4.74 Å². The second-order valence-corrected chi connectivity index (χ2v) is 9.43. The summed E-state index contributed by atoms with van der Waals surface area (Å²) in [6.45, 7) is 8.89. The molecule has 180 valence electrons. The fraction of sp³-hybridized carbons (Fsp3) is 0.731. The first-order valence-electron chi connectivity index (χ1n) is 12.7. The Morgan fingerprint density at radius 1 is 0.969 bits per heavy atom. The van der Waals surface area contributed by atoms with Gasteiger partial charge in [-0.05, 0) is 76.1 Å². The first kappa shape index (κ1) is 25.0. The standard InChI is InChI=1S/C26H45N5O/c1-27-26(29-25-12-18-31(19-13-25)20-21-32-2)28-14-6-7-15-30-16-10-24(11-17-30)22-23-8-4-3-5-9-23/h3-5,8-9,24-25H,6-7,10-22H2,1-2H3,(H2,27,28,29). The van der Waals surface area contributed by atoms with Crippen molar-refractivity contribution in [1.82, 2.24) is 20.4 Å². The lowest BCUT2D eigenvalue weighted by Crippen LogP contribution is -2.49. The number of hydrogen-bond acceptors (Lipinski definition) is 4. The number of benzene rings is 1. The van der Waals surface area contributed by atoms with Gasteiger partial charge in [-0.2, -0.15) is 0 Å². The Kier molecular flexibility index (Phi) is 11.3. The van der Waals surface area contributed by atoms with Gasteiger partial charge in [0.05, 0.1) is 6.61 Å². The normalized spacial score (nSPS) is 19.9. The van der Waals surface area contributed by atoms with Gasteiger partial charge in [0, 0.05) is 46.4 Å². The van der Waals surface area contributed by atoms with Crippen LogP contribution in [0, 0.1) is 5.92 Å². The molecular formula is C26H45N5O. The zero-order chi connectivity index (χ0) is 22.4. The number of piperidine rings is 2.